The van der Waals surface area contributed by atoms with Gasteiger partial charge in [0.05, 0.1) is 0 Å². The number of rotatable bonds is 11. The van der Waals surface area contributed by atoms with Crippen LogP contribution in [0.3, 0.4) is 0 Å². The predicted octanol–water partition coefficient (Wildman–Crippen LogP) is 2.88. The minimum absolute atomic E-state index is 0.0323. The van der Waals surface area contributed by atoms with Gasteiger partial charge < -0.3 is 21.1 Å². The zero-order valence-corrected chi connectivity index (χ0v) is 21.3. The van der Waals surface area contributed by atoms with E-state index in [9.17, 15) is 9.59 Å². The molecule has 0 spiro atoms. The lowest BCUT2D eigenvalue weighted by molar-refractivity contribution is -0.139. The molecule has 2 aromatic rings. The van der Waals surface area contributed by atoms with Crippen LogP contribution in [0.4, 0.5) is 0 Å². The van der Waals surface area contributed by atoms with Crippen molar-refractivity contribution < 1.29 is 14.3 Å². The van der Waals surface area contributed by atoms with Gasteiger partial charge in [-0.25, -0.2) is 0 Å². The van der Waals surface area contributed by atoms with E-state index < -0.39 is 0 Å². The van der Waals surface area contributed by atoms with Crippen molar-refractivity contribution in [2.24, 2.45) is 11.5 Å². The molecule has 2 aliphatic rings. The highest BCUT2D eigenvalue weighted by molar-refractivity contribution is 5.96. The number of carbonyl (C=O) groups excluding carboxylic acids is 2. The molecule has 0 bridgehead atoms. The number of allylic oxidation sites excluding steroid dienone is 3. The van der Waals surface area contributed by atoms with E-state index in [4.69, 9.17) is 16.2 Å². The van der Waals surface area contributed by atoms with Gasteiger partial charge in [-0.2, -0.15) is 0 Å². The normalized spacial score (nSPS) is 15.3. The van der Waals surface area contributed by atoms with E-state index in [0.717, 1.165) is 18.1 Å². The second-order valence-electron chi connectivity index (χ2n) is 10.0. The van der Waals surface area contributed by atoms with Gasteiger partial charge in [0.1, 0.15) is 5.76 Å². The summed E-state index contributed by atoms with van der Waals surface area (Å²) in [6.45, 7) is 5.09. The van der Waals surface area contributed by atoms with Gasteiger partial charge in [-0.15, -0.1) is 0 Å². The number of esters is 1. The largest absolute Gasteiger partial charge is 0.427 e. The van der Waals surface area contributed by atoms with Crippen molar-refractivity contribution in [1.29, 1.82) is 0 Å². The summed E-state index contributed by atoms with van der Waals surface area (Å²) in [7, 11) is 0. The zero-order chi connectivity index (χ0) is 25.7. The third-order valence-electron chi connectivity index (χ3n) is 6.83. The van der Waals surface area contributed by atoms with Crippen molar-refractivity contribution >= 4 is 40.9 Å². The Morgan fingerprint density at radius 2 is 1.67 bits per heavy atom. The molecule has 190 valence electrons. The Balaban J connectivity index is 1.32. The van der Waals surface area contributed by atoms with Crippen LogP contribution in [0.1, 0.15) is 57.1 Å². The Kier molecular flexibility index (Phi) is 8.39. The molecule has 0 saturated carbocycles. The van der Waals surface area contributed by atoms with Gasteiger partial charge in [-0.1, -0.05) is 42.5 Å². The third-order valence-corrected chi connectivity index (χ3v) is 6.83. The second-order valence-corrected chi connectivity index (χ2v) is 10.0. The van der Waals surface area contributed by atoms with Crippen LogP contribution in [-0.4, -0.2) is 41.9 Å². The summed E-state index contributed by atoms with van der Waals surface area (Å²) in [6, 6.07) is 8.65. The lowest BCUT2D eigenvalue weighted by atomic mass is 9.94. The molecule has 0 fully saturated rings. The lowest BCUT2D eigenvalue weighted by Crippen LogP contribution is -2.37. The zero-order valence-electron chi connectivity index (χ0n) is 21.3. The Bertz CT molecular complexity index is 1310. The molecule has 6 heteroatoms. The van der Waals surface area contributed by atoms with Crippen molar-refractivity contribution in [3.63, 3.8) is 0 Å². The number of ether oxygens (including phenoxy) is 1. The molecule has 6 nitrogen and oxygen atoms in total. The van der Waals surface area contributed by atoms with Crippen molar-refractivity contribution in [3.8, 4) is 0 Å². The highest BCUT2D eigenvalue weighted by Crippen LogP contribution is 2.23. The average molecular weight is 488 g/mol. The molecule has 0 saturated heterocycles. The quantitative estimate of drug-likeness (QED) is 0.475. The summed E-state index contributed by atoms with van der Waals surface area (Å²) in [5.74, 6) is 0.293. The summed E-state index contributed by atoms with van der Waals surface area (Å²) in [4.78, 5) is 27.0. The summed E-state index contributed by atoms with van der Waals surface area (Å²) in [5.41, 5.74) is 14.2. The number of benzene rings is 2. The monoisotopic (exact) mass is 487 g/mol. The van der Waals surface area contributed by atoms with E-state index in [2.05, 4.69) is 42.5 Å². The van der Waals surface area contributed by atoms with E-state index in [1.807, 2.05) is 30.9 Å². The van der Waals surface area contributed by atoms with Crippen LogP contribution >= 0.6 is 0 Å². The molecule has 4 N–H and O–H groups in total. The standard InChI is InChI=1S/C30H37N3O3/c1-20(31)15-17-33(18-16-21(2)32)29(34)7-4-8-30(35)36-24-11-14-26-23(19-24)10-13-27-25-6-3-5-22(25)9-12-28(26)27/h3,5-6,9-13,19-21H,4,7-8,14-18,31-32H2,1-2H3. The minimum atomic E-state index is -0.314. The van der Waals surface area contributed by atoms with Crippen LogP contribution in [0.5, 0.6) is 0 Å². The van der Waals surface area contributed by atoms with E-state index >= 15 is 0 Å². The average Bonchev–Trinajstić information content (AvgIpc) is 3.32. The Morgan fingerprint density at radius 3 is 2.39 bits per heavy atom. The number of hydrogen-bond donors (Lipinski definition) is 2. The van der Waals surface area contributed by atoms with Crippen molar-refractivity contribution in [2.75, 3.05) is 13.1 Å². The number of fused-ring (bicyclic) bond motifs is 5. The Labute approximate surface area is 213 Å². The third kappa shape index (κ3) is 6.31. The van der Waals surface area contributed by atoms with Gasteiger partial charge >= 0.3 is 5.97 Å². The molecule has 0 aromatic heterocycles. The first-order chi connectivity index (χ1) is 17.3. The van der Waals surface area contributed by atoms with E-state index in [1.54, 1.807) is 0 Å². The number of amides is 1. The first-order valence-corrected chi connectivity index (χ1v) is 13.0. The van der Waals surface area contributed by atoms with Crippen molar-refractivity contribution in [2.45, 2.75) is 64.5 Å². The molecule has 4 rings (SSSR count). The van der Waals surface area contributed by atoms with Gasteiger partial charge in [0, 0.05) is 38.0 Å². The van der Waals surface area contributed by atoms with Crippen LogP contribution in [0.15, 0.2) is 42.2 Å². The van der Waals surface area contributed by atoms with E-state index in [-0.39, 0.29) is 30.4 Å². The molecule has 0 radical (unpaired) electrons. The maximum atomic E-state index is 12.7. The molecule has 2 atom stereocenters. The molecule has 1 amide bonds. The van der Waals surface area contributed by atoms with Gasteiger partial charge in [-0.05, 0) is 84.0 Å². The fourth-order valence-electron chi connectivity index (χ4n) is 4.76. The van der Waals surface area contributed by atoms with Crippen LogP contribution < -0.4 is 21.9 Å². The molecule has 0 heterocycles. The highest BCUT2D eigenvalue weighted by Gasteiger charge is 2.17. The van der Waals surface area contributed by atoms with Crippen LogP contribution in [-0.2, 0) is 20.7 Å². The van der Waals surface area contributed by atoms with Crippen LogP contribution in [0.2, 0.25) is 0 Å². The maximum Gasteiger partial charge on any atom is 0.311 e. The van der Waals surface area contributed by atoms with E-state index in [0.29, 0.717) is 38.1 Å². The second kappa shape index (κ2) is 11.7. The van der Waals surface area contributed by atoms with Crippen LogP contribution in [0.25, 0.3) is 29.0 Å². The van der Waals surface area contributed by atoms with Crippen molar-refractivity contribution in [3.05, 3.63) is 63.7 Å². The predicted molar refractivity (Wildman–Crippen MR) is 146 cm³/mol. The Morgan fingerprint density at radius 1 is 0.972 bits per heavy atom. The first-order valence-electron chi connectivity index (χ1n) is 13.0. The van der Waals surface area contributed by atoms with E-state index in [1.165, 1.54) is 27.1 Å². The molecule has 0 aliphatic heterocycles. The summed E-state index contributed by atoms with van der Waals surface area (Å²) in [5, 5.41) is 4.81. The fraction of sp³-hybridized carbons (Fsp3) is 0.400. The summed E-state index contributed by atoms with van der Waals surface area (Å²) >= 11 is 0. The van der Waals surface area contributed by atoms with Crippen molar-refractivity contribution in [1.82, 2.24) is 4.90 Å². The topological polar surface area (TPSA) is 98.6 Å². The summed E-state index contributed by atoms with van der Waals surface area (Å²) in [6.07, 6.45) is 13.4. The summed E-state index contributed by atoms with van der Waals surface area (Å²) < 4.78 is 5.63. The van der Waals surface area contributed by atoms with Gasteiger partial charge in [0.25, 0.3) is 0 Å². The first kappa shape index (κ1) is 25.9. The maximum absolute atomic E-state index is 12.7. The molecular formula is C30H37N3O3. The Hall–Kier alpha value is -3.22. The molecule has 2 unspecified atom stereocenters. The minimum Gasteiger partial charge on any atom is -0.427 e. The van der Waals surface area contributed by atoms with Gasteiger partial charge in [0.2, 0.25) is 5.91 Å². The number of nitrogens with zero attached hydrogens (tertiary/aromatic N) is 1. The fourth-order valence-corrected chi connectivity index (χ4v) is 4.76. The number of carbonyl (C=O) groups is 2. The molecule has 2 aliphatic carbocycles. The smallest absolute Gasteiger partial charge is 0.311 e. The van der Waals surface area contributed by atoms with Crippen LogP contribution in [0, 0.1) is 0 Å². The highest BCUT2D eigenvalue weighted by atomic mass is 16.5. The molecular weight excluding hydrogens is 450 g/mol. The molecule has 36 heavy (non-hydrogen) atoms. The SMILES string of the molecule is CC(N)CCN(CCC(C)N)C(=O)CCCC(=O)OC1=CCc2c(ccc3c4c(ccc23)=CC=C4)=C1. The van der Waals surface area contributed by atoms with Gasteiger partial charge in [0.15, 0.2) is 0 Å². The number of hydrogen-bond acceptors (Lipinski definition) is 5. The van der Waals surface area contributed by atoms with Gasteiger partial charge in [-0.3, -0.25) is 9.59 Å². The molecule has 2 aromatic carbocycles. The lowest BCUT2D eigenvalue weighted by Gasteiger charge is -2.24. The number of nitrogens with two attached hydrogens (primary N) is 2.